The molecule has 0 aliphatic rings. The molecule has 0 aliphatic carbocycles. The predicted molar refractivity (Wildman–Crippen MR) is 28.5 cm³/mol. The standard InChI is InChI=1S/C3H5.C2H5O2.O.Zn/c1-3-2;3-1-2-4;;/h1H2,2H3;3H,1-2H2;;/q;-1;;+1. The molecule has 0 aliphatic heterocycles. The molecule has 0 saturated heterocycles. The van der Waals surface area contributed by atoms with Crippen molar-refractivity contribution in [3.8, 4) is 0 Å². The third kappa shape index (κ3) is 4.58. The summed E-state index contributed by atoms with van der Waals surface area (Å²) in [7, 11) is 0. The van der Waals surface area contributed by atoms with Gasteiger partial charge < -0.3 is 0 Å². The first-order chi connectivity index (χ1) is 4.18. The number of rotatable bonds is 4. The fourth-order valence-corrected chi connectivity index (χ4v) is 1.92. The van der Waals surface area contributed by atoms with Crippen molar-refractivity contribution in [2.45, 2.75) is 6.92 Å². The monoisotopic (exact) mass is 182 g/mol. The molecule has 0 unspecified atom stereocenters. The first-order valence-electron chi connectivity index (χ1n) is 2.89. The van der Waals surface area contributed by atoms with Gasteiger partial charge in [-0.1, -0.05) is 0 Å². The van der Waals surface area contributed by atoms with Gasteiger partial charge in [-0.3, -0.25) is 0 Å². The molecule has 0 bridgehead atoms. The molecule has 1 N–H and O–H groups in total. The average Bonchev–Trinajstić information content (AvgIpc) is 1.82. The topological polar surface area (TPSA) is 46.5 Å². The van der Waals surface area contributed by atoms with Crippen LogP contribution in [0.5, 0.6) is 0 Å². The van der Waals surface area contributed by atoms with Crippen LogP contribution in [0.4, 0.5) is 0 Å². The zero-order chi connectivity index (χ0) is 7.28. The Morgan fingerprint density at radius 2 is 2.44 bits per heavy atom. The summed E-state index contributed by atoms with van der Waals surface area (Å²) >= 11 is -3.00. The van der Waals surface area contributed by atoms with Crippen LogP contribution in [-0.4, -0.2) is 18.3 Å². The van der Waals surface area contributed by atoms with Gasteiger partial charge in [0.25, 0.3) is 0 Å². The van der Waals surface area contributed by atoms with Crippen molar-refractivity contribution >= 4 is 0 Å². The van der Waals surface area contributed by atoms with Crippen LogP contribution >= 0.6 is 0 Å². The van der Waals surface area contributed by atoms with Gasteiger partial charge in [0.05, 0.1) is 0 Å². The van der Waals surface area contributed by atoms with E-state index in [4.69, 9.17) is 8.67 Å². The molecule has 0 heterocycles. The number of hydrogen-bond acceptors (Lipinski definition) is 3. The molecule has 0 aromatic carbocycles. The Kier molecular flexibility index (Phi) is 4.96. The number of hydrogen-bond donors (Lipinski definition) is 1. The van der Waals surface area contributed by atoms with Crippen LogP contribution in [0.3, 0.4) is 0 Å². The maximum absolute atomic E-state index is 10.8. The zero-order valence-corrected chi connectivity index (χ0v) is 8.56. The van der Waals surface area contributed by atoms with Gasteiger partial charge in [0.15, 0.2) is 0 Å². The van der Waals surface area contributed by atoms with E-state index in [9.17, 15) is 3.57 Å². The van der Waals surface area contributed by atoms with Crippen LogP contribution in [0.1, 0.15) is 6.92 Å². The summed E-state index contributed by atoms with van der Waals surface area (Å²) in [6.07, 6.45) is 0. The van der Waals surface area contributed by atoms with E-state index < -0.39 is 16.3 Å². The maximum atomic E-state index is 10.8. The van der Waals surface area contributed by atoms with Crippen LogP contribution in [0.15, 0.2) is 10.7 Å². The van der Waals surface area contributed by atoms with Crippen molar-refractivity contribution in [3.63, 3.8) is 0 Å². The van der Waals surface area contributed by atoms with Crippen molar-refractivity contribution in [1.82, 2.24) is 0 Å². The molecular formula is C5H10O3Zn. The van der Waals surface area contributed by atoms with E-state index in [0.29, 0.717) is 4.17 Å². The molecule has 0 amide bonds. The van der Waals surface area contributed by atoms with Crippen molar-refractivity contribution < 1.29 is 28.5 Å². The SMILES string of the molecule is C=[C](C)[Zn](=[O])[O]CCO. The number of aliphatic hydroxyl groups excluding tert-OH is 1. The molecule has 0 aromatic heterocycles. The predicted octanol–water partition coefficient (Wildman–Crippen LogP) is 0.408. The second-order valence-corrected chi connectivity index (χ2v) is 7.09. The van der Waals surface area contributed by atoms with Gasteiger partial charge >= 0.3 is 59.4 Å². The molecule has 0 rings (SSSR count). The molecular weight excluding hydrogens is 173 g/mol. The van der Waals surface area contributed by atoms with Gasteiger partial charge in [-0.2, -0.15) is 0 Å². The fraction of sp³-hybridized carbons (Fsp3) is 0.600. The first kappa shape index (κ1) is 9.08. The average molecular weight is 184 g/mol. The van der Waals surface area contributed by atoms with E-state index in [1.165, 1.54) is 0 Å². The summed E-state index contributed by atoms with van der Waals surface area (Å²) in [5.41, 5.74) is 0. The van der Waals surface area contributed by atoms with E-state index in [0.717, 1.165) is 0 Å². The van der Waals surface area contributed by atoms with E-state index in [1.54, 1.807) is 6.92 Å². The van der Waals surface area contributed by atoms with Crippen LogP contribution in [-0.2, 0) is 23.4 Å². The second kappa shape index (κ2) is 4.92. The minimum absolute atomic E-state index is 0.0669. The summed E-state index contributed by atoms with van der Waals surface area (Å²) < 4.78 is 16.2. The van der Waals surface area contributed by atoms with E-state index in [1.807, 2.05) is 0 Å². The molecule has 4 heteroatoms. The zero-order valence-electron chi connectivity index (χ0n) is 5.59. The van der Waals surface area contributed by atoms with Crippen molar-refractivity contribution in [3.05, 3.63) is 10.7 Å². The minimum atomic E-state index is -3.00. The van der Waals surface area contributed by atoms with Gasteiger partial charge in [-0.05, 0) is 0 Å². The first-order valence-corrected chi connectivity index (χ1v) is 6.80. The molecule has 0 atom stereocenters. The Morgan fingerprint density at radius 1 is 1.89 bits per heavy atom. The molecule has 0 aromatic rings. The van der Waals surface area contributed by atoms with E-state index in [2.05, 4.69) is 6.58 Å². The summed E-state index contributed by atoms with van der Waals surface area (Å²) in [6.45, 7) is 5.28. The molecule has 50 valence electrons. The Bertz CT molecular complexity index is 121. The Hall–Kier alpha value is 0.0834. The van der Waals surface area contributed by atoms with Gasteiger partial charge in [0.2, 0.25) is 0 Å². The molecule has 3 nitrogen and oxygen atoms in total. The molecule has 0 saturated carbocycles. The number of aliphatic hydroxyl groups is 1. The normalized spacial score (nSPS) is 8.11. The molecule has 0 fully saturated rings. The molecule has 0 radical (unpaired) electrons. The summed E-state index contributed by atoms with van der Waals surface area (Å²) in [5.74, 6) is 0. The Morgan fingerprint density at radius 3 is 2.78 bits per heavy atom. The third-order valence-electron chi connectivity index (χ3n) is 0.914. The van der Waals surface area contributed by atoms with Crippen molar-refractivity contribution in [1.29, 1.82) is 0 Å². The van der Waals surface area contributed by atoms with Crippen LogP contribution in [0.25, 0.3) is 0 Å². The van der Waals surface area contributed by atoms with E-state index >= 15 is 0 Å². The van der Waals surface area contributed by atoms with Gasteiger partial charge in [0.1, 0.15) is 0 Å². The summed E-state index contributed by atoms with van der Waals surface area (Å²) in [5, 5.41) is 8.24. The van der Waals surface area contributed by atoms with Crippen LogP contribution in [0.2, 0.25) is 0 Å². The Balaban J connectivity index is 3.39. The Labute approximate surface area is 59.9 Å². The van der Waals surface area contributed by atoms with Crippen molar-refractivity contribution in [2.24, 2.45) is 0 Å². The fourth-order valence-electron chi connectivity index (χ4n) is 0.370. The van der Waals surface area contributed by atoms with Crippen LogP contribution in [0, 0.1) is 0 Å². The van der Waals surface area contributed by atoms with Gasteiger partial charge in [0, 0.05) is 0 Å². The summed E-state index contributed by atoms with van der Waals surface area (Å²) in [4.78, 5) is 0. The molecule has 9 heavy (non-hydrogen) atoms. The quantitative estimate of drug-likeness (QED) is 0.642. The van der Waals surface area contributed by atoms with Gasteiger partial charge in [-0.25, -0.2) is 0 Å². The van der Waals surface area contributed by atoms with Gasteiger partial charge in [-0.15, -0.1) is 0 Å². The number of allylic oxidation sites excluding steroid dienone is 1. The third-order valence-corrected chi connectivity index (χ3v) is 4.37. The van der Waals surface area contributed by atoms with E-state index in [-0.39, 0.29) is 13.2 Å². The summed E-state index contributed by atoms with van der Waals surface area (Å²) in [6, 6.07) is 0. The van der Waals surface area contributed by atoms with Crippen molar-refractivity contribution in [2.75, 3.05) is 13.2 Å². The second-order valence-electron chi connectivity index (χ2n) is 2.00. The van der Waals surface area contributed by atoms with Crippen LogP contribution < -0.4 is 0 Å². The molecule has 0 spiro atoms.